The molecule has 0 saturated carbocycles. The Morgan fingerprint density at radius 3 is 2.45 bits per heavy atom. The molecule has 3 nitrogen and oxygen atoms in total. The summed E-state index contributed by atoms with van der Waals surface area (Å²) < 4.78 is 11.3. The molecule has 0 amide bonds. The standard InChI is InChI=1S/C17H29NO2/c1-7-20-16(17(2,3)4)15(18-5)12-13-9-8-10-14(11-13)19-6/h8-11,15-16,18H,7,12H2,1-6H3. The van der Waals surface area contributed by atoms with Gasteiger partial charge < -0.3 is 14.8 Å². The lowest BCUT2D eigenvalue weighted by Crippen LogP contribution is -2.48. The van der Waals surface area contributed by atoms with Crippen LogP contribution in [0.5, 0.6) is 5.75 Å². The molecular weight excluding hydrogens is 250 g/mol. The van der Waals surface area contributed by atoms with Gasteiger partial charge in [-0.2, -0.15) is 0 Å². The lowest BCUT2D eigenvalue weighted by Gasteiger charge is -2.36. The fraction of sp³-hybridized carbons (Fsp3) is 0.647. The second-order valence-electron chi connectivity index (χ2n) is 6.19. The quantitative estimate of drug-likeness (QED) is 0.831. The molecule has 0 aliphatic heterocycles. The van der Waals surface area contributed by atoms with Crippen molar-refractivity contribution in [1.29, 1.82) is 0 Å². The van der Waals surface area contributed by atoms with Gasteiger partial charge in [-0.05, 0) is 43.5 Å². The van der Waals surface area contributed by atoms with Gasteiger partial charge in [0.2, 0.25) is 0 Å². The molecule has 1 rings (SSSR count). The van der Waals surface area contributed by atoms with Crippen molar-refractivity contribution in [2.45, 2.75) is 46.3 Å². The maximum atomic E-state index is 5.99. The molecule has 0 saturated heterocycles. The molecule has 3 heteroatoms. The summed E-state index contributed by atoms with van der Waals surface area (Å²) in [5, 5.41) is 3.41. The van der Waals surface area contributed by atoms with Crippen molar-refractivity contribution in [2.24, 2.45) is 5.41 Å². The first kappa shape index (κ1) is 17.0. The third kappa shape index (κ3) is 4.80. The van der Waals surface area contributed by atoms with E-state index in [0.717, 1.165) is 18.8 Å². The average molecular weight is 279 g/mol. The molecular formula is C17H29NO2. The highest BCUT2D eigenvalue weighted by molar-refractivity contribution is 5.29. The molecule has 2 atom stereocenters. The van der Waals surface area contributed by atoms with E-state index in [1.165, 1.54) is 5.56 Å². The molecule has 0 aromatic heterocycles. The van der Waals surface area contributed by atoms with Crippen molar-refractivity contribution in [3.8, 4) is 5.75 Å². The second-order valence-corrected chi connectivity index (χ2v) is 6.19. The molecule has 1 aromatic rings. The number of ether oxygens (including phenoxy) is 2. The number of hydrogen-bond acceptors (Lipinski definition) is 3. The summed E-state index contributed by atoms with van der Waals surface area (Å²) in [6.07, 6.45) is 1.10. The van der Waals surface area contributed by atoms with Gasteiger partial charge in [-0.3, -0.25) is 0 Å². The van der Waals surface area contributed by atoms with Crippen molar-refractivity contribution < 1.29 is 9.47 Å². The van der Waals surface area contributed by atoms with Crippen LogP contribution in [0.1, 0.15) is 33.3 Å². The monoisotopic (exact) mass is 279 g/mol. The Morgan fingerprint density at radius 2 is 1.95 bits per heavy atom. The second kappa shape index (κ2) is 7.65. The Morgan fingerprint density at radius 1 is 1.25 bits per heavy atom. The predicted octanol–water partition coefficient (Wildman–Crippen LogP) is 3.28. The van der Waals surface area contributed by atoms with Gasteiger partial charge in [-0.1, -0.05) is 32.9 Å². The summed E-state index contributed by atoms with van der Waals surface area (Å²) in [7, 11) is 3.70. The van der Waals surface area contributed by atoms with Crippen LogP contribution in [0.15, 0.2) is 24.3 Å². The minimum Gasteiger partial charge on any atom is -0.497 e. The van der Waals surface area contributed by atoms with Crippen LogP contribution in [0, 0.1) is 5.41 Å². The van der Waals surface area contributed by atoms with E-state index in [-0.39, 0.29) is 17.6 Å². The predicted molar refractivity (Wildman–Crippen MR) is 84.4 cm³/mol. The molecule has 0 radical (unpaired) electrons. The first-order valence-electron chi connectivity index (χ1n) is 7.34. The van der Waals surface area contributed by atoms with Gasteiger partial charge in [0, 0.05) is 12.6 Å². The molecule has 0 spiro atoms. The fourth-order valence-electron chi connectivity index (χ4n) is 2.56. The van der Waals surface area contributed by atoms with E-state index in [4.69, 9.17) is 9.47 Å². The van der Waals surface area contributed by atoms with Crippen LogP contribution in [0.2, 0.25) is 0 Å². The number of benzene rings is 1. The number of likely N-dealkylation sites (N-methyl/N-ethyl adjacent to an activating group) is 1. The lowest BCUT2D eigenvalue weighted by atomic mass is 9.82. The van der Waals surface area contributed by atoms with Crippen LogP contribution in [0.25, 0.3) is 0 Å². The minimum atomic E-state index is 0.0998. The average Bonchev–Trinajstić information content (AvgIpc) is 2.41. The van der Waals surface area contributed by atoms with Crippen molar-refractivity contribution >= 4 is 0 Å². The molecule has 1 aromatic carbocycles. The van der Waals surface area contributed by atoms with Crippen molar-refractivity contribution in [3.63, 3.8) is 0 Å². The van der Waals surface area contributed by atoms with Gasteiger partial charge in [0.05, 0.1) is 13.2 Å². The molecule has 1 N–H and O–H groups in total. The Balaban J connectivity index is 2.88. The Hall–Kier alpha value is -1.06. The molecule has 0 aliphatic rings. The Labute approximate surface area is 123 Å². The van der Waals surface area contributed by atoms with E-state index < -0.39 is 0 Å². The topological polar surface area (TPSA) is 30.5 Å². The van der Waals surface area contributed by atoms with Crippen LogP contribution in [-0.2, 0) is 11.2 Å². The van der Waals surface area contributed by atoms with Crippen LogP contribution in [0.3, 0.4) is 0 Å². The van der Waals surface area contributed by atoms with Gasteiger partial charge in [0.1, 0.15) is 5.75 Å². The van der Waals surface area contributed by atoms with Gasteiger partial charge in [-0.15, -0.1) is 0 Å². The summed E-state index contributed by atoms with van der Waals surface area (Å²) in [5.74, 6) is 0.904. The Bertz CT molecular complexity index is 398. The zero-order chi connectivity index (χ0) is 15.2. The number of hydrogen-bond donors (Lipinski definition) is 1. The fourth-order valence-corrected chi connectivity index (χ4v) is 2.56. The van der Waals surface area contributed by atoms with E-state index >= 15 is 0 Å². The summed E-state index contributed by atoms with van der Waals surface area (Å²) in [4.78, 5) is 0. The normalized spacial score (nSPS) is 14.9. The van der Waals surface area contributed by atoms with Crippen LogP contribution in [0.4, 0.5) is 0 Å². The lowest BCUT2D eigenvalue weighted by molar-refractivity contribution is -0.0340. The van der Waals surface area contributed by atoms with Crippen LogP contribution >= 0.6 is 0 Å². The first-order chi connectivity index (χ1) is 9.42. The van der Waals surface area contributed by atoms with Crippen LogP contribution in [-0.4, -0.2) is 32.9 Å². The maximum Gasteiger partial charge on any atom is 0.119 e. The van der Waals surface area contributed by atoms with E-state index in [2.05, 4.69) is 45.1 Å². The van der Waals surface area contributed by atoms with Gasteiger partial charge in [0.15, 0.2) is 0 Å². The van der Waals surface area contributed by atoms with Gasteiger partial charge in [0.25, 0.3) is 0 Å². The molecule has 114 valence electrons. The van der Waals surface area contributed by atoms with Crippen molar-refractivity contribution in [1.82, 2.24) is 5.32 Å². The van der Waals surface area contributed by atoms with E-state index in [0.29, 0.717) is 0 Å². The first-order valence-corrected chi connectivity index (χ1v) is 7.34. The summed E-state index contributed by atoms with van der Waals surface area (Å²) >= 11 is 0. The smallest absolute Gasteiger partial charge is 0.119 e. The molecule has 0 bridgehead atoms. The van der Waals surface area contributed by atoms with Gasteiger partial charge in [-0.25, -0.2) is 0 Å². The summed E-state index contributed by atoms with van der Waals surface area (Å²) in [5.41, 5.74) is 1.36. The summed E-state index contributed by atoms with van der Waals surface area (Å²) in [6.45, 7) is 9.46. The van der Waals surface area contributed by atoms with E-state index in [1.807, 2.05) is 19.2 Å². The maximum absolute atomic E-state index is 5.99. The van der Waals surface area contributed by atoms with Crippen molar-refractivity contribution in [3.05, 3.63) is 29.8 Å². The molecule has 0 aliphatic carbocycles. The minimum absolute atomic E-state index is 0.0998. The highest BCUT2D eigenvalue weighted by Crippen LogP contribution is 2.27. The largest absolute Gasteiger partial charge is 0.497 e. The van der Waals surface area contributed by atoms with E-state index in [1.54, 1.807) is 7.11 Å². The van der Waals surface area contributed by atoms with Crippen LogP contribution < -0.4 is 10.1 Å². The van der Waals surface area contributed by atoms with E-state index in [9.17, 15) is 0 Å². The SMILES string of the molecule is CCOC(C(Cc1cccc(OC)c1)NC)C(C)(C)C. The highest BCUT2D eigenvalue weighted by atomic mass is 16.5. The van der Waals surface area contributed by atoms with Crippen molar-refractivity contribution in [2.75, 3.05) is 20.8 Å². The number of nitrogens with one attached hydrogen (secondary N) is 1. The van der Waals surface area contributed by atoms with Gasteiger partial charge >= 0.3 is 0 Å². The number of methoxy groups -OCH3 is 1. The molecule has 0 fully saturated rings. The zero-order valence-corrected chi connectivity index (χ0v) is 13.7. The molecule has 20 heavy (non-hydrogen) atoms. The zero-order valence-electron chi connectivity index (χ0n) is 13.7. The third-order valence-corrected chi connectivity index (χ3v) is 3.53. The third-order valence-electron chi connectivity index (χ3n) is 3.53. The molecule has 0 heterocycles. The molecule has 2 unspecified atom stereocenters. The Kier molecular flexibility index (Phi) is 6.50. The highest BCUT2D eigenvalue weighted by Gasteiger charge is 2.32. The number of rotatable bonds is 7. The summed E-state index contributed by atoms with van der Waals surface area (Å²) in [6, 6.07) is 8.52.